The van der Waals surface area contributed by atoms with E-state index in [4.69, 9.17) is 4.55 Å². The SMILES string of the molecule is O=S(=O)(O)C(F)(C(F)(F)C(F)(F)F)C(F)(F)C(C(F)(F)F)(C(F)(F)F)C(F)(F)F. The molecule has 0 bridgehead atoms. The van der Waals surface area contributed by atoms with E-state index in [9.17, 15) is 83.1 Å². The van der Waals surface area contributed by atoms with E-state index in [0.717, 1.165) is 0 Å². The highest BCUT2D eigenvalue weighted by Gasteiger charge is 3.02. The first-order chi connectivity index (χ1) is 12.0. The summed E-state index contributed by atoms with van der Waals surface area (Å²) < 4.78 is 246. The van der Waals surface area contributed by atoms with Gasteiger partial charge in [-0.25, -0.2) is 4.39 Å². The molecule has 1 N–H and O–H groups in total. The lowest BCUT2D eigenvalue weighted by molar-refractivity contribution is -0.495. The highest BCUT2D eigenvalue weighted by molar-refractivity contribution is 7.87. The van der Waals surface area contributed by atoms with Crippen molar-refractivity contribution in [2.75, 3.05) is 0 Å². The summed E-state index contributed by atoms with van der Waals surface area (Å²) >= 11 is 0. The van der Waals surface area contributed by atoms with Crippen LogP contribution >= 0.6 is 0 Å². The predicted molar refractivity (Wildman–Crippen MR) is 51.9 cm³/mol. The fraction of sp³-hybridized carbons (Fsp3) is 1.00. The van der Waals surface area contributed by atoms with Crippen LogP contribution in [0, 0.1) is 5.41 Å². The summed E-state index contributed by atoms with van der Waals surface area (Å²) in [5.74, 6) is -17.9. The van der Waals surface area contributed by atoms with E-state index >= 15 is 0 Å². The zero-order valence-corrected chi connectivity index (χ0v) is 12.9. The minimum atomic E-state index is -9.30. The molecule has 176 valence electrons. The monoisotopic (exact) mass is 500 g/mol. The Hall–Kier alpha value is -1.28. The summed E-state index contributed by atoms with van der Waals surface area (Å²) in [6, 6.07) is 0. The van der Waals surface area contributed by atoms with E-state index in [1.807, 2.05) is 0 Å². The predicted octanol–water partition coefficient (Wildman–Crippen LogP) is 5.05. The van der Waals surface area contributed by atoms with Crippen LogP contribution in [-0.4, -0.2) is 54.5 Å². The largest absolute Gasteiger partial charge is 0.458 e. The molecule has 21 heteroatoms. The zero-order valence-electron chi connectivity index (χ0n) is 12.1. The van der Waals surface area contributed by atoms with Crippen LogP contribution in [0.3, 0.4) is 0 Å². The molecule has 0 aromatic heterocycles. The average Bonchev–Trinajstić information content (AvgIpc) is 2.28. The molecule has 0 spiro atoms. The first-order valence-corrected chi connectivity index (χ1v) is 7.12. The van der Waals surface area contributed by atoms with Crippen LogP contribution in [0.5, 0.6) is 0 Å². The standard InChI is InChI=1S/C8HF17O3S/c9-2(10,1(5(14,15)16,6(17,18)19)7(20,21)22)4(13,29(26,27)28)3(11,12)8(23,24)25/h(H,26,27,28). The van der Waals surface area contributed by atoms with E-state index in [1.54, 1.807) is 0 Å². The van der Waals surface area contributed by atoms with Gasteiger partial charge in [0.25, 0.3) is 0 Å². The van der Waals surface area contributed by atoms with E-state index in [1.165, 1.54) is 0 Å². The summed E-state index contributed by atoms with van der Waals surface area (Å²) in [5.41, 5.74) is -9.15. The Morgan fingerprint density at radius 2 is 0.690 bits per heavy atom. The molecule has 1 atom stereocenters. The molecule has 0 heterocycles. The van der Waals surface area contributed by atoms with Crippen molar-refractivity contribution in [3.63, 3.8) is 0 Å². The van der Waals surface area contributed by atoms with E-state index in [2.05, 4.69) is 0 Å². The molecule has 0 saturated carbocycles. The molecule has 29 heavy (non-hydrogen) atoms. The molecule has 0 rings (SSSR count). The number of alkyl halides is 17. The van der Waals surface area contributed by atoms with E-state index < -0.39 is 57.1 Å². The van der Waals surface area contributed by atoms with Gasteiger partial charge < -0.3 is 0 Å². The average molecular weight is 500 g/mol. The maximum Gasteiger partial charge on any atom is 0.458 e. The Bertz CT molecular complexity index is 686. The summed E-state index contributed by atoms with van der Waals surface area (Å²) in [6.45, 7) is 0. The van der Waals surface area contributed by atoms with Crippen molar-refractivity contribution in [2.45, 2.75) is 41.6 Å². The van der Waals surface area contributed by atoms with E-state index in [-0.39, 0.29) is 0 Å². The minimum Gasteiger partial charge on any atom is -0.283 e. The van der Waals surface area contributed by atoms with Crippen LogP contribution in [0.15, 0.2) is 0 Å². The maximum atomic E-state index is 13.9. The third-order valence-electron chi connectivity index (χ3n) is 3.27. The number of rotatable bonds is 4. The lowest BCUT2D eigenvalue weighted by Gasteiger charge is -2.48. The minimum absolute atomic E-state index is 7.97. The van der Waals surface area contributed by atoms with Crippen molar-refractivity contribution in [1.82, 2.24) is 0 Å². The van der Waals surface area contributed by atoms with Crippen LogP contribution in [0.25, 0.3) is 0 Å². The van der Waals surface area contributed by atoms with Crippen molar-refractivity contribution in [3.8, 4) is 0 Å². The van der Waals surface area contributed by atoms with Gasteiger partial charge in [0.15, 0.2) is 0 Å². The normalized spacial score (nSPS) is 18.6. The first kappa shape index (κ1) is 27.7. The third-order valence-corrected chi connectivity index (χ3v) is 4.49. The summed E-state index contributed by atoms with van der Waals surface area (Å²) in [5, 5.41) is -8.86. The molecule has 3 nitrogen and oxygen atoms in total. The zero-order chi connectivity index (χ0) is 24.5. The molecular formula is C8HF17O3S. The molecule has 0 aliphatic rings. The topological polar surface area (TPSA) is 54.4 Å². The second-order valence-corrected chi connectivity index (χ2v) is 6.47. The molecule has 1 unspecified atom stereocenters. The summed E-state index contributed by atoms with van der Waals surface area (Å²) in [4.78, 5) is 0. The highest BCUT2D eigenvalue weighted by atomic mass is 32.2. The summed E-state index contributed by atoms with van der Waals surface area (Å²) in [7, 11) is -8.81. The van der Waals surface area contributed by atoms with Gasteiger partial charge in [0.1, 0.15) is 0 Å². The lowest BCUT2D eigenvalue weighted by Crippen LogP contribution is -2.79. The van der Waals surface area contributed by atoms with Gasteiger partial charge in [0.2, 0.25) is 0 Å². The van der Waals surface area contributed by atoms with Crippen LogP contribution in [0.2, 0.25) is 0 Å². The molecule has 0 fully saturated rings. The van der Waals surface area contributed by atoms with Crippen molar-refractivity contribution in [2.24, 2.45) is 5.41 Å². The smallest absolute Gasteiger partial charge is 0.283 e. The van der Waals surface area contributed by atoms with Crippen LogP contribution in [0.1, 0.15) is 0 Å². The van der Waals surface area contributed by atoms with Gasteiger partial charge in [0, 0.05) is 0 Å². The van der Waals surface area contributed by atoms with E-state index in [0.29, 0.717) is 0 Å². The Morgan fingerprint density at radius 1 is 0.448 bits per heavy atom. The second-order valence-electron chi connectivity index (χ2n) is 4.96. The van der Waals surface area contributed by atoms with Crippen molar-refractivity contribution in [3.05, 3.63) is 0 Å². The Labute approximate surface area is 146 Å². The van der Waals surface area contributed by atoms with Crippen LogP contribution in [-0.2, 0) is 10.1 Å². The Balaban J connectivity index is 8.03. The molecule has 0 amide bonds. The molecule has 0 radical (unpaired) electrons. The van der Waals surface area contributed by atoms with Gasteiger partial charge in [-0.3, -0.25) is 4.55 Å². The van der Waals surface area contributed by atoms with Crippen molar-refractivity contribution < 1.29 is 87.6 Å². The first-order valence-electron chi connectivity index (χ1n) is 5.68. The molecule has 0 saturated heterocycles. The quantitative estimate of drug-likeness (QED) is 0.435. The van der Waals surface area contributed by atoms with Gasteiger partial charge in [-0.2, -0.15) is 78.7 Å². The summed E-state index contributed by atoms with van der Waals surface area (Å²) in [6.07, 6.45) is -34.2. The molecule has 0 aromatic carbocycles. The van der Waals surface area contributed by atoms with Gasteiger partial charge in [-0.15, -0.1) is 0 Å². The number of hydrogen-bond acceptors (Lipinski definition) is 2. The molecule has 0 aromatic rings. The number of hydrogen-bond donors (Lipinski definition) is 1. The van der Waals surface area contributed by atoms with Crippen molar-refractivity contribution >= 4 is 10.1 Å². The lowest BCUT2D eigenvalue weighted by atomic mass is 9.74. The molecular weight excluding hydrogens is 499 g/mol. The Kier molecular flexibility index (Phi) is 6.08. The fourth-order valence-corrected chi connectivity index (χ4v) is 2.88. The fourth-order valence-electron chi connectivity index (χ4n) is 1.96. The van der Waals surface area contributed by atoms with Gasteiger partial charge >= 0.3 is 57.1 Å². The van der Waals surface area contributed by atoms with Gasteiger partial charge in [-0.05, 0) is 0 Å². The van der Waals surface area contributed by atoms with Gasteiger partial charge in [0.05, 0.1) is 0 Å². The van der Waals surface area contributed by atoms with Crippen LogP contribution < -0.4 is 0 Å². The highest BCUT2D eigenvalue weighted by Crippen LogP contribution is 2.72. The van der Waals surface area contributed by atoms with Crippen LogP contribution in [0.4, 0.5) is 74.6 Å². The number of halogens is 17. The van der Waals surface area contributed by atoms with Gasteiger partial charge in [-0.1, -0.05) is 0 Å². The van der Waals surface area contributed by atoms with Crippen molar-refractivity contribution in [1.29, 1.82) is 0 Å². The second kappa shape index (κ2) is 6.36. The molecule has 0 aliphatic carbocycles. The third kappa shape index (κ3) is 3.26. The maximum absolute atomic E-state index is 13.9. The Morgan fingerprint density at radius 3 is 0.828 bits per heavy atom. The molecule has 0 aliphatic heterocycles.